The maximum Gasteiger partial charge on any atom is 0.387 e. The van der Waals surface area contributed by atoms with Crippen molar-refractivity contribution in [2.45, 2.75) is 59.0 Å². The zero-order valence-electron chi connectivity index (χ0n) is 15.2. The zero-order valence-corrected chi connectivity index (χ0v) is 15.2. The molecule has 0 atom stereocenters. The lowest BCUT2D eigenvalue weighted by atomic mass is 9.79. The van der Waals surface area contributed by atoms with E-state index in [1.165, 1.54) is 36.8 Å². The van der Waals surface area contributed by atoms with Gasteiger partial charge in [0.1, 0.15) is 5.75 Å². The number of ether oxygens (including phenoxy) is 1. The highest BCUT2D eigenvalue weighted by atomic mass is 19.3. The molecular weight excluding hydrogens is 318 g/mol. The molecule has 134 valence electrons. The van der Waals surface area contributed by atoms with Crippen LogP contribution in [0.3, 0.4) is 0 Å². The first-order valence-corrected chi connectivity index (χ1v) is 9.10. The SMILES string of the molecule is Cc1cc(-c2ccc(C3CCC(C)CC3)cc2C)ccc1OC(F)F. The van der Waals surface area contributed by atoms with E-state index in [4.69, 9.17) is 0 Å². The average molecular weight is 344 g/mol. The lowest BCUT2D eigenvalue weighted by Crippen LogP contribution is -2.11. The Balaban J connectivity index is 1.82. The topological polar surface area (TPSA) is 9.23 Å². The van der Waals surface area contributed by atoms with E-state index in [1.807, 2.05) is 12.1 Å². The summed E-state index contributed by atoms with van der Waals surface area (Å²) in [5.74, 6) is 1.77. The molecule has 1 aliphatic carbocycles. The van der Waals surface area contributed by atoms with Gasteiger partial charge >= 0.3 is 6.61 Å². The number of hydrogen-bond acceptors (Lipinski definition) is 1. The van der Waals surface area contributed by atoms with Gasteiger partial charge < -0.3 is 4.74 Å². The molecule has 0 N–H and O–H groups in total. The van der Waals surface area contributed by atoms with Gasteiger partial charge in [-0.2, -0.15) is 8.78 Å². The van der Waals surface area contributed by atoms with Crippen molar-refractivity contribution in [2.24, 2.45) is 5.92 Å². The fraction of sp³-hybridized carbons (Fsp3) is 0.455. The van der Waals surface area contributed by atoms with Crippen LogP contribution in [0, 0.1) is 19.8 Å². The van der Waals surface area contributed by atoms with Crippen molar-refractivity contribution in [3.8, 4) is 16.9 Å². The first kappa shape index (κ1) is 17.9. The van der Waals surface area contributed by atoms with Crippen molar-refractivity contribution >= 4 is 0 Å². The van der Waals surface area contributed by atoms with Crippen LogP contribution in [-0.2, 0) is 0 Å². The number of rotatable bonds is 4. The van der Waals surface area contributed by atoms with E-state index < -0.39 is 6.61 Å². The van der Waals surface area contributed by atoms with Gasteiger partial charge in [0.2, 0.25) is 0 Å². The molecule has 0 radical (unpaired) electrons. The van der Waals surface area contributed by atoms with Gasteiger partial charge in [0, 0.05) is 0 Å². The molecule has 0 aromatic heterocycles. The van der Waals surface area contributed by atoms with Crippen molar-refractivity contribution in [1.82, 2.24) is 0 Å². The van der Waals surface area contributed by atoms with Crippen LogP contribution in [0.25, 0.3) is 11.1 Å². The van der Waals surface area contributed by atoms with Crippen molar-refractivity contribution in [2.75, 3.05) is 0 Å². The Morgan fingerprint density at radius 2 is 1.64 bits per heavy atom. The molecule has 0 heterocycles. The molecule has 3 rings (SSSR count). The lowest BCUT2D eigenvalue weighted by molar-refractivity contribution is -0.0502. The third kappa shape index (κ3) is 4.20. The van der Waals surface area contributed by atoms with Gasteiger partial charge in [0.05, 0.1) is 0 Å². The molecule has 3 heteroatoms. The number of alkyl halides is 2. The minimum absolute atomic E-state index is 0.240. The van der Waals surface area contributed by atoms with Gasteiger partial charge in [-0.05, 0) is 78.5 Å². The molecule has 0 saturated heterocycles. The smallest absolute Gasteiger partial charge is 0.387 e. The summed E-state index contributed by atoms with van der Waals surface area (Å²) in [6.07, 6.45) is 5.18. The van der Waals surface area contributed by atoms with E-state index in [0.717, 1.165) is 22.6 Å². The minimum Gasteiger partial charge on any atom is -0.435 e. The summed E-state index contributed by atoms with van der Waals surface area (Å²) in [4.78, 5) is 0. The van der Waals surface area contributed by atoms with Crippen LogP contribution in [0.2, 0.25) is 0 Å². The van der Waals surface area contributed by atoms with E-state index in [0.29, 0.717) is 5.92 Å². The van der Waals surface area contributed by atoms with Gasteiger partial charge in [-0.25, -0.2) is 0 Å². The second-order valence-electron chi connectivity index (χ2n) is 7.39. The van der Waals surface area contributed by atoms with Gasteiger partial charge in [-0.15, -0.1) is 0 Å². The van der Waals surface area contributed by atoms with Crippen LogP contribution >= 0.6 is 0 Å². The molecule has 1 fully saturated rings. The Hall–Kier alpha value is -1.90. The summed E-state index contributed by atoms with van der Waals surface area (Å²) in [5, 5.41) is 0. The highest BCUT2D eigenvalue weighted by molar-refractivity contribution is 5.69. The summed E-state index contributed by atoms with van der Waals surface area (Å²) in [6.45, 7) is 3.48. The van der Waals surface area contributed by atoms with E-state index in [2.05, 4.69) is 36.8 Å². The van der Waals surface area contributed by atoms with Gasteiger partial charge in [-0.3, -0.25) is 0 Å². The quantitative estimate of drug-likeness (QED) is 0.588. The largest absolute Gasteiger partial charge is 0.435 e. The first-order chi connectivity index (χ1) is 11.9. The van der Waals surface area contributed by atoms with Crippen LogP contribution in [0.4, 0.5) is 8.78 Å². The molecule has 1 nitrogen and oxygen atoms in total. The maximum atomic E-state index is 12.4. The number of hydrogen-bond donors (Lipinski definition) is 0. The van der Waals surface area contributed by atoms with Crippen LogP contribution in [0.5, 0.6) is 5.75 Å². The molecule has 0 amide bonds. The van der Waals surface area contributed by atoms with E-state index in [-0.39, 0.29) is 5.75 Å². The van der Waals surface area contributed by atoms with Crippen LogP contribution in [0.1, 0.15) is 55.2 Å². The summed E-state index contributed by atoms with van der Waals surface area (Å²) < 4.78 is 29.4. The fourth-order valence-corrected chi connectivity index (χ4v) is 3.90. The van der Waals surface area contributed by atoms with Gasteiger partial charge in [0.25, 0.3) is 0 Å². The van der Waals surface area contributed by atoms with E-state index >= 15 is 0 Å². The molecule has 0 bridgehead atoms. The van der Waals surface area contributed by atoms with Crippen molar-refractivity contribution in [3.05, 3.63) is 53.1 Å². The highest BCUT2D eigenvalue weighted by Gasteiger charge is 2.20. The van der Waals surface area contributed by atoms with Crippen LogP contribution in [0.15, 0.2) is 36.4 Å². The average Bonchev–Trinajstić information content (AvgIpc) is 2.57. The Bertz CT molecular complexity index is 731. The van der Waals surface area contributed by atoms with E-state index in [1.54, 1.807) is 13.0 Å². The first-order valence-electron chi connectivity index (χ1n) is 9.10. The van der Waals surface area contributed by atoms with E-state index in [9.17, 15) is 8.78 Å². The standard InChI is InChI=1S/C22H26F2O/c1-14-4-6-17(7-5-14)18-8-10-20(15(2)12-18)19-9-11-21(16(3)13-19)25-22(23)24/h8-14,17,22H,4-7H2,1-3H3. The second kappa shape index (κ2) is 7.55. The normalized spacial score (nSPS) is 20.7. The zero-order chi connectivity index (χ0) is 18.0. The van der Waals surface area contributed by atoms with Crippen molar-refractivity contribution in [1.29, 1.82) is 0 Å². The molecule has 2 aromatic carbocycles. The minimum atomic E-state index is -2.79. The predicted molar refractivity (Wildman–Crippen MR) is 98.4 cm³/mol. The Labute approximate surface area is 149 Å². The third-order valence-corrected chi connectivity index (χ3v) is 5.44. The Morgan fingerprint density at radius 3 is 2.24 bits per heavy atom. The molecular formula is C22H26F2O. The second-order valence-corrected chi connectivity index (χ2v) is 7.39. The molecule has 1 aliphatic rings. The molecule has 2 aromatic rings. The highest BCUT2D eigenvalue weighted by Crippen LogP contribution is 2.37. The van der Waals surface area contributed by atoms with Crippen LogP contribution in [-0.4, -0.2) is 6.61 Å². The Morgan fingerprint density at radius 1 is 0.920 bits per heavy atom. The van der Waals surface area contributed by atoms with Gasteiger partial charge in [0.15, 0.2) is 0 Å². The predicted octanol–water partition coefficient (Wildman–Crippen LogP) is 6.87. The maximum absolute atomic E-state index is 12.4. The number of benzene rings is 2. The van der Waals surface area contributed by atoms with Crippen molar-refractivity contribution < 1.29 is 13.5 Å². The summed E-state index contributed by atoms with van der Waals surface area (Å²) in [6, 6.07) is 12.1. The van der Waals surface area contributed by atoms with Gasteiger partial charge in [-0.1, -0.05) is 44.0 Å². The fourth-order valence-electron chi connectivity index (χ4n) is 3.90. The summed E-state index contributed by atoms with van der Waals surface area (Å²) in [5.41, 5.74) is 5.59. The molecule has 0 aliphatic heterocycles. The third-order valence-electron chi connectivity index (χ3n) is 5.44. The van der Waals surface area contributed by atoms with Crippen molar-refractivity contribution in [3.63, 3.8) is 0 Å². The monoisotopic (exact) mass is 344 g/mol. The summed E-state index contributed by atoms with van der Waals surface area (Å²) in [7, 11) is 0. The number of aryl methyl sites for hydroxylation is 2. The Kier molecular flexibility index (Phi) is 5.41. The molecule has 0 spiro atoms. The number of halogens is 2. The lowest BCUT2D eigenvalue weighted by Gasteiger charge is -2.27. The van der Waals surface area contributed by atoms with Crippen LogP contribution < -0.4 is 4.74 Å². The summed E-state index contributed by atoms with van der Waals surface area (Å²) >= 11 is 0. The molecule has 0 unspecified atom stereocenters. The molecule has 1 saturated carbocycles. The molecule has 25 heavy (non-hydrogen) atoms.